The van der Waals surface area contributed by atoms with Gasteiger partial charge in [0.2, 0.25) is 0 Å². The van der Waals surface area contributed by atoms with Gasteiger partial charge >= 0.3 is 6.18 Å². The Kier molecular flexibility index (Phi) is 4.42. The molecule has 0 aliphatic carbocycles. The fraction of sp³-hybridized carbons (Fsp3) is 0.391. The van der Waals surface area contributed by atoms with Gasteiger partial charge in [-0.2, -0.15) is 23.4 Å². The molecule has 0 radical (unpaired) electrons. The van der Waals surface area contributed by atoms with Gasteiger partial charge in [-0.15, -0.1) is 0 Å². The van der Waals surface area contributed by atoms with Crippen molar-refractivity contribution in [3.05, 3.63) is 53.0 Å². The highest BCUT2D eigenvalue weighted by Crippen LogP contribution is 2.45. The standard InChI is InChI=1S/C23H21F3N6O2/c1-30-16(11-18(27-30)23(24,25)26)21-14-10-12-6-5-8-15(19(14)28-31(21)2)32(12)22(33)20-13-7-3-4-9-17(13)34-29-20/h3-4,7,9,11-12,15H,5-6,8,10H2,1-2H3. The molecule has 176 valence electrons. The number of benzene rings is 1. The number of nitrogens with zero attached hydrogens (tertiary/aromatic N) is 6. The number of aryl methyl sites for hydroxylation is 2. The smallest absolute Gasteiger partial charge is 0.355 e. The number of piperidine rings is 1. The van der Waals surface area contributed by atoms with Crippen LogP contribution >= 0.6 is 0 Å². The molecule has 0 spiro atoms. The van der Waals surface area contributed by atoms with Crippen LogP contribution < -0.4 is 0 Å². The average molecular weight is 470 g/mol. The van der Waals surface area contributed by atoms with Crippen molar-refractivity contribution < 1.29 is 22.5 Å². The maximum Gasteiger partial charge on any atom is 0.435 e. The molecule has 0 saturated carbocycles. The van der Waals surface area contributed by atoms with E-state index in [2.05, 4.69) is 10.3 Å². The maximum atomic E-state index is 13.7. The summed E-state index contributed by atoms with van der Waals surface area (Å²) in [6, 6.07) is 7.91. The molecule has 2 atom stereocenters. The quantitative estimate of drug-likeness (QED) is 0.437. The maximum absolute atomic E-state index is 13.7. The lowest BCUT2D eigenvalue weighted by atomic mass is 9.82. The molecule has 1 aromatic carbocycles. The molecule has 0 N–H and O–H groups in total. The zero-order valence-electron chi connectivity index (χ0n) is 18.5. The summed E-state index contributed by atoms with van der Waals surface area (Å²) in [5.41, 5.74) is 2.44. The zero-order valence-corrected chi connectivity index (χ0v) is 18.5. The molecule has 4 aromatic rings. The molecule has 34 heavy (non-hydrogen) atoms. The predicted molar refractivity (Wildman–Crippen MR) is 115 cm³/mol. The normalized spacial score (nSPS) is 20.1. The summed E-state index contributed by atoms with van der Waals surface area (Å²) in [4.78, 5) is 15.5. The lowest BCUT2D eigenvalue weighted by molar-refractivity contribution is -0.141. The fourth-order valence-electron chi connectivity index (χ4n) is 5.46. The second-order valence-electron chi connectivity index (χ2n) is 8.92. The second-order valence-corrected chi connectivity index (χ2v) is 8.92. The van der Waals surface area contributed by atoms with Gasteiger partial charge in [0.25, 0.3) is 5.91 Å². The number of hydrogen-bond acceptors (Lipinski definition) is 5. The lowest BCUT2D eigenvalue weighted by Crippen LogP contribution is -2.50. The van der Waals surface area contributed by atoms with E-state index in [9.17, 15) is 18.0 Å². The third-order valence-electron chi connectivity index (χ3n) is 6.90. The van der Waals surface area contributed by atoms with Crippen molar-refractivity contribution in [3.8, 4) is 11.4 Å². The number of rotatable bonds is 2. The first kappa shape index (κ1) is 20.9. The third kappa shape index (κ3) is 2.99. The van der Waals surface area contributed by atoms with Gasteiger partial charge in [0, 0.05) is 25.7 Å². The second kappa shape index (κ2) is 7.18. The molecule has 2 unspecified atom stereocenters. The van der Waals surface area contributed by atoms with Crippen LogP contribution in [0.2, 0.25) is 0 Å². The van der Waals surface area contributed by atoms with Gasteiger partial charge in [-0.3, -0.25) is 14.2 Å². The van der Waals surface area contributed by atoms with Crippen LogP contribution in [0.25, 0.3) is 22.4 Å². The van der Waals surface area contributed by atoms with E-state index < -0.39 is 11.9 Å². The van der Waals surface area contributed by atoms with E-state index in [0.717, 1.165) is 36.6 Å². The van der Waals surface area contributed by atoms with Crippen LogP contribution in [0.1, 0.15) is 52.7 Å². The molecule has 2 aliphatic heterocycles. The van der Waals surface area contributed by atoms with Gasteiger partial charge in [0.15, 0.2) is 17.0 Å². The molecule has 2 aliphatic rings. The number of para-hydroxylation sites is 1. The topological polar surface area (TPSA) is 82.0 Å². The van der Waals surface area contributed by atoms with Crippen molar-refractivity contribution in [2.24, 2.45) is 14.1 Å². The van der Waals surface area contributed by atoms with Crippen LogP contribution in [0.5, 0.6) is 0 Å². The minimum Gasteiger partial charge on any atom is -0.355 e. The summed E-state index contributed by atoms with van der Waals surface area (Å²) in [5.74, 6) is -0.211. The first-order valence-corrected chi connectivity index (χ1v) is 11.1. The zero-order chi connectivity index (χ0) is 23.8. The van der Waals surface area contributed by atoms with E-state index in [1.807, 2.05) is 23.1 Å². The molecule has 2 bridgehead atoms. The van der Waals surface area contributed by atoms with Crippen LogP contribution in [0, 0.1) is 0 Å². The number of fused-ring (bicyclic) bond motifs is 5. The Labute approximate surface area is 191 Å². The summed E-state index contributed by atoms with van der Waals surface area (Å²) in [7, 11) is 3.22. The van der Waals surface area contributed by atoms with Crippen LogP contribution in [0.15, 0.2) is 34.9 Å². The Morgan fingerprint density at radius 3 is 2.68 bits per heavy atom. The Bertz CT molecular complexity index is 1430. The van der Waals surface area contributed by atoms with Gasteiger partial charge in [-0.1, -0.05) is 17.3 Å². The van der Waals surface area contributed by atoms with Gasteiger partial charge in [0.05, 0.1) is 28.5 Å². The van der Waals surface area contributed by atoms with E-state index in [-0.39, 0.29) is 23.7 Å². The molecular formula is C23H21F3N6O2. The summed E-state index contributed by atoms with van der Waals surface area (Å²) in [6.45, 7) is 0. The molecule has 1 fully saturated rings. The van der Waals surface area contributed by atoms with Gasteiger partial charge < -0.3 is 9.42 Å². The number of alkyl halides is 3. The third-order valence-corrected chi connectivity index (χ3v) is 6.90. The highest BCUT2D eigenvalue weighted by Gasteiger charge is 2.45. The van der Waals surface area contributed by atoms with Gasteiger partial charge in [-0.25, -0.2) is 0 Å². The van der Waals surface area contributed by atoms with E-state index in [1.54, 1.807) is 17.8 Å². The Hall–Kier alpha value is -3.63. The van der Waals surface area contributed by atoms with Crippen LogP contribution in [0.4, 0.5) is 13.2 Å². The van der Waals surface area contributed by atoms with Crippen molar-refractivity contribution in [2.45, 2.75) is 43.9 Å². The number of hydrogen-bond donors (Lipinski definition) is 0. The highest BCUT2D eigenvalue weighted by atomic mass is 19.4. The van der Waals surface area contributed by atoms with Crippen molar-refractivity contribution >= 4 is 16.9 Å². The van der Waals surface area contributed by atoms with Crippen LogP contribution in [0.3, 0.4) is 0 Å². The van der Waals surface area contributed by atoms with E-state index in [1.165, 1.54) is 11.7 Å². The number of carbonyl (C=O) groups excluding carboxylic acids is 1. The summed E-state index contributed by atoms with van der Waals surface area (Å²) in [5, 5.41) is 13.1. The SMILES string of the molecule is Cn1nc(C(F)(F)F)cc1-c1c2c(nn1C)C1CCCC(C2)N1C(=O)c1noc2ccccc12. The summed E-state index contributed by atoms with van der Waals surface area (Å²) in [6.07, 6.45) is -1.57. The Balaban J connectivity index is 1.44. The Morgan fingerprint density at radius 2 is 1.91 bits per heavy atom. The average Bonchev–Trinajstić information content (AvgIpc) is 3.47. The largest absolute Gasteiger partial charge is 0.435 e. The number of halogens is 3. The number of aromatic nitrogens is 5. The first-order valence-electron chi connectivity index (χ1n) is 11.1. The lowest BCUT2D eigenvalue weighted by Gasteiger charge is -2.45. The van der Waals surface area contributed by atoms with Crippen molar-refractivity contribution in [2.75, 3.05) is 0 Å². The molecule has 8 nitrogen and oxygen atoms in total. The van der Waals surface area contributed by atoms with E-state index >= 15 is 0 Å². The van der Waals surface area contributed by atoms with Crippen LogP contribution in [-0.4, -0.2) is 41.6 Å². The molecule has 1 amide bonds. The first-order chi connectivity index (χ1) is 16.2. The van der Waals surface area contributed by atoms with Crippen molar-refractivity contribution in [1.82, 2.24) is 29.6 Å². The molecule has 11 heteroatoms. The fourth-order valence-corrected chi connectivity index (χ4v) is 5.46. The molecule has 6 rings (SSSR count). The molecule has 3 aromatic heterocycles. The number of carbonyl (C=O) groups is 1. The minimum absolute atomic E-state index is 0.104. The number of amides is 1. The summed E-state index contributed by atoms with van der Waals surface area (Å²) >= 11 is 0. The minimum atomic E-state index is -4.53. The Morgan fingerprint density at radius 1 is 1.12 bits per heavy atom. The molecular weight excluding hydrogens is 449 g/mol. The highest BCUT2D eigenvalue weighted by molar-refractivity contribution is 6.04. The van der Waals surface area contributed by atoms with E-state index in [0.29, 0.717) is 28.8 Å². The van der Waals surface area contributed by atoms with E-state index in [4.69, 9.17) is 9.62 Å². The monoisotopic (exact) mass is 470 g/mol. The van der Waals surface area contributed by atoms with Gasteiger partial charge in [0.1, 0.15) is 0 Å². The molecule has 5 heterocycles. The van der Waals surface area contributed by atoms with Crippen molar-refractivity contribution in [3.63, 3.8) is 0 Å². The van der Waals surface area contributed by atoms with Gasteiger partial charge in [-0.05, 0) is 43.9 Å². The predicted octanol–water partition coefficient (Wildman–Crippen LogP) is 4.27. The molecule has 1 saturated heterocycles. The summed E-state index contributed by atoms with van der Waals surface area (Å²) < 4.78 is 48.1. The van der Waals surface area contributed by atoms with Crippen LogP contribution in [-0.2, 0) is 26.7 Å². The van der Waals surface area contributed by atoms with Crippen molar-refractivity contribution in [1.29, 1.82) is 0 Å².